The average molecular weight is 352 g/mol. The minimum atomic E-state index is -0.276. The molecule has 2 aromatic heterocycles. The van der Waals surface area contributed by atoms with Gasteiger partial charge < -0.3 is 14.8 Å². The first kappa shape index (κ1) is 16.5. The van der Waals surface area contributed by atoms with Gasteiger partial charge in [0.15, 0.2) is 5.69 Å². The van der Waals surface area contributed by atoms with Crippen LogP contribution in [-0.4, -0.2) is 46.4 Å². The summed E-state index contributed by atoms with van der Waals surface area (Å²) in [7, 11) is 0. The highest BCUT2D eigenvalue weighted by Crippen LogP contribution is 2.19. The van der Waals surface area contributed by atoms with Gasteiger partial charge in [0, 0.05) is 17.7 Å². The zero-order valence-corrected chi connectivity index (χ0v) is 14.4. The Morgan fingerprint density at radius 1 is 1.31 bits per heavy atom. The lowest BCUT2D eigenvalue weighted by molar-refractivity contribution is -0.0136. The summed E-state index contributed by atoms with van der Waals surface area (Å²) in [6.07, 6.45) is 2.09. The van der Waals surface area contributed by atoms with E-state index in [1.165, 1.54) is 0 Å². The number of para-hydroxylation sites is 1. The highest BCUT2D eigenvalue weighted by molar-refractivity contribution is 6.04. The van der Waals surface area contributed by atoms with Crippen molar-refractivity contribution in [3.8, 4) is 5.75 Å². The summed E-state index contributed by atoms with van der Waals surface area (Å²) in [6.45, 7) is 2.92. The molecule has 7 heteroatoms. The van der Waals surface area contributed by atoms with E-state index in [9.17, 15) is 4.79 Å². The smallest absolute Gasteiger partial charge is 0.272 e. The SMILES string of the molecule is Cc1ccc(O[C@@H]2COCC[C@@H]2NC(=O)c2n[nH]c3ccccc23)cn1. The molecule has 0 bridgehead atoms. The Labute approximate surface area is 150 Å². The van der Waals surface area contributed by atoms with Crippen molar-refractivity contribution in [3.63, 3.8) is 0 Å². The molecule has 1 aromatic carbocycles. The molecule has 4 rings (SSSR count). The molecule has 0 saturated carbocycles. The van der Waals surface area contributed by atoms with Crippen LogP contribution in [0.15, 0.2) is 42.6 Å². The molecular weight excluding hydrogens is 332 g/mol. The molecule has 1 aliphatic rings. The van der Waals surface area contributed by atoms with E-state index in [1.54, 1.807) is 6.20 Å². The maximum absolute atomic E-state index is 12.7. The van der Waals surface area contributed by atoms with Crippen molar-refractivity contribution < 1.29 is 14.3 Å². The maximum atomic E-state index is 12.7. The van der Waals surface area contributed by atoms with Gasteiger partial charge in [0.05, 0.1) is 24.4 Å². The van der Waals surface area contributed by atoms with Gasteiger partial charge in [-0.05, 0) is 31.5 Å². The first-order valence-corrected chi connectivity index (χ1v) is 8.62. The third kappa shape index (κ3) is 3.39. The maximum Gasteiger partial charge on any atom is 0.272 e. The Bertz CT molecular complexity index is 907. The summed E-state index contributed by atoms with van der Waals surface area (Å²) in [5, 5.41) is 10.9. The molecule has 1 saturated heterocycles. The number of pyridine rings is 1. The molecule has 3 aromatic rings. The number of nitrogens with one attached hydrogen (secondary N) is 2. The van der Waals surface area contributed by atoms with Gasteiger partial charge in [0.2, 0.25) is 0 Å². The number of carbonyl (C=O) groups is 1. The van der Waals surface area contributed by atoms with Gasteiger partial charge in [-0.25, -0.2) is 0 Å². The van der Waals surface area contributed by atoms with Crippen LogP contribution in [0.25, 0.3) is 10.9 Å². The fraction of sp³-hybridized carbons (Fsp3) is 0.316. The highest BCUT2D eigenvalue weighted by atomic mass is 16.5. The summed E-state index contributed by atoms with van der Waals surface area (Å²) < 4.78 is 11.5. The highest BCUT2D eigenvalue weighted by Gasteiger charge is 2.30. The van der Waals surface area contributed by atoms with E-state index < -0.39 is 0 Å². The molecule has 0 spiro atoms. The molecule has 0 unspecified atom stereocenters. The fourth-order valence-corrected chi connectivity index (χ4v) is 3.07. The lowest BCUT2D eigenvalue weighted by Gasteiger charge is -2.32. The van der Waals surface area contributed by atoms with Crippen LogP contribution >= 0.6 is 0 Å². The monoisotopic (exact) mass is 352 g/mol. The van der Waals surface area contributed by atoms with E-state index in [0.29, 0.717) is 31.1 Å². The quantitative estimate of drug-likeness (QED) is 0.752. The second kappa shape index (κ2) is 7.13. The number of aromatic amines is 1. The molecule has 134 valence electrons. The van der Waals surface area contributed by atoms with Gasteiger partial charge in [-0.1, -0.05) is 18.2 Å². The van der Waals surface area contributed by atoms with Crippen LogP contribution in [0, 0.1) is 6.92 Å². The number of ether oxygens (including phenoxy) is 2. The minimum Gasteiger partial charge on any atom is -0.484 e. The number of hydrogen-bond donors (Lipinski definition) is 2. The molecule has 3 heterocycles. The van der Waals surface area contributed by atoms with E-state index in [-0.39, 0.29) is 18.1 Å². The van der Waals surface area contributed by atoms with E-state index >= 15 is 0 Å². The molecule has 1 amide bonds. The van der Waals surface area contributed by atoms with Crippen LogP contribution in [0.4, 0.5) is 0 Å². The van der Waals surface area contributed by atoms with Crippen molar-refractivity contribution >= 4 is 16.8 Å². The summed E-state index contributed by atoms with van der Waals surface area (Å²) in [5.41, 5.74) is 2.15. The lowest BCUT2D eigenvalue weighted by Crippen LogP contribution is -2.51. The van der Waals surface area contributed by atoms with E-state index in [2.05, 4.69) is 20.5 Å². The predicted molar refractivity (Wildman–Crippen MR) is 96.2 cm³/mol. The second-order valence-electron chi connectivity index (χ2n) is 6.35. The first-order valence-electron chi connectivity index (χ1n) is 8.62. The first-order chi connectivity index (χ1) is 12.7. The Balaban J connectivity index is 1.49. The Hall–Kier alpha value is -2.93. The van der Waals surface area contributed by atoms with Gasteiger partial charge in [-0.15, -0.1) is 0 Å². The standard InChI is InChI=1S/C19H20N4O3/c1-12-6-7-13(10-20-12)26-17-11-25-9-8-16(17)21-19(24)18-14-4-2-3-5-15(14)22-23-18/h2-7,10,16-17H,8-9,11H2,1H3,(H,21,24)(H,22,23)/t16-,17+/m0/s1. The van der Waals surface area contributed by atoms with Gasteiger partial charge in [0.25, 0.3) is 5.91 Å². The third-order valence-electron chi connectivity index (χ3n) is 4.48. The second-order valence-corrected chi connectivity index (χ2v) is 6.35. The van der Waals surface area contributed by atoms with Crippen LogP contribution in [0.3, 0.4) is 0 Å². The summed E-state index contributed by atoms with van der Waals surface area (Å²) >= 11 is 0. The van der Waals surface area contributed by atoms with Crippen molar-refractivity contribution in [2.24, 2.45) is 0 Å². The topological polar surface area (TPSA) is 89.1 Å². The van der Waals surface area contributed by atoms with Crippen molar-refractivity contribution in [2.45, 2.75) is 25.5 Å². The molecule has 1 aliphatic heterocycles. The van der Waals surface area contributed by atoms with Crippen molar-refractivity contribution in [2.75, 3.05) is 13.2 Å². The number of hydrogen-bond acceptors (Lipinski definition) is 5. The van der Waals surface area contributed by atoms with Gasteiger partial charge in [-0.3, -0.25) is 14.9 Å². The summed E-state index contributed by atoms with van der Waals surface area (Å²) in [4.78, 5) is 17.0. The number of amides is 1. The van der Waals surface area contributed by atoms with Crippen LogP contribution in [-0.2, 0) is 4.74 Å². The largest absolute Gasteiger partial charge is 0.484 e. The predicted octanol–water partition coefficient (Wildman–Crippen LogP) is 2.23. The Morgan fingerprint density at radius 2 is 2.19 bits per heavy atom. The fourth-order valence-electron chi connectivity index (χ4n) is 3.07. The molecule has 2 N–H and O–H groups in total. The normalized spacial score (nSPS) is 20.0. The van der Waals surface area contributed by atoms with Crippen molar-refractivity contribution in [3.05, 3.63) is 54.0 Å². The number of nitrogens with zero attached hydrogens (tertiary/aromatic N) is 2. The van der Waals surface area contributed by atoms with Crippen molar-refractivity contribution in [1.82, 2.24) is 20.5 Å². The van der Waals surface area contributed by atoms with Crippen LogP contribution < -0.4 is 10.1 Å². The van der Waals surface area contributed by atoms with Crippen molar-refractivity contribution in [1.29, 1.82) is 0 Å². The molecule has 1 fully saturated rings. The van der Waals surface area contributed by atoms with Gasteiger partial charge >= 0.3 is 0 Å². The van der Waals surface area contributed by atoms with Gasteiger partial charge in [0.1, 0.15) is 11.9 Å². The molecule has 0 aliphatic carbocycles. The Kier molecular flexibility index (Phi) is 4.53. The lowest BCUT2D eigenvalue weighted by atomic mass is 10.1. The summed E-state index contributed by atoms with van der Waals surface area (Å²) in [6, 6.07) is 11.2. The van der Waals surface area contributed by atoms with Crippen LogP contribution in [0.5, 0.6) is 5.75 Å². The molecular formula is C19H20N4O3. The number of rotatable bonds is 4. The number of aryl methyl sites for hydroxylation is 1. The molecule has 2 atom stereocenters. The van der Waals surface area contributed by atoms with Crippen LogP contribution in [0.2, 0.25) is 0 Å². The van der Waals surface area contributed by atoms with E-state index in [4.69, 9.17) is 9.47 Å². The number of benzene rings is 1. The third-order valence-corrected chi connectivity index (χ3v) is 4.48. The molecule has 7 nitrogen and oxygen atoms in total. The average Bonchev–Trinajstić information content (AvgIpc) is 3.09. The van der Waals surface area contributed by atoms with E-state index in [0.717, 1.165) is 16.6 Å². The zero-order valence-electron chi connectivity index (χ0n) is 14.4. The molecule has 0 radical (unpaired) electrons. The Morgan fingerprint density at radius 3 is 3.04 bits per heavy atom. The molecule has 26 heavy (non-hydrogen) atoms. The number of carbonyl (C=O) groups excluding carboxylic acids is 1. The van der Waals surface area contributed by atoms with Gasteiger partial charge in [-0.2, -0.15) is 5.10 Å². The summed E-state index contributed by atoms with van der Waals surface area (Å²) in [5.74, 6) is 0.445. The minimum absolute atomic E-state index is 0.159. The van der Waals surface area contributed by atoms with Crippen LogP contribution in [0.1, 0.15) is 22.6 Å². The van der Waals surface area contributed by atoms with E-state index in [1.807, 2.05) is 43.3 Å². The number of fused-ring (bicyclic) bond motifs is 1. The number of aromatic nitrogens is 3. The number of H-pyrrole nitrogens is 1. The zero-order chi connectivity index (χ0) is 17.9.